The van der Waals surface area contributed by atoms with Crippen molar-refractivity contribution in [2.75, 3.05) is 7.05 Å². The second-order valence-electron chi connectivity index (χ2n) is 5.03. The van der Waals surface area contributed by atoms with E-state index in [2.05, 4.69) is 54.2 Å². The van der Waals surface area contributed by atoms with Gasteiger partial charge in [0.05, 0.1) is 0 Å². The summed E-state index contributed by atoms with van der Waals surface area (Å²) in [4.78, 5) is 0. The van der Waals surface area contributed by atoms with Crippen LogP contribution in [0.1, 0.15) is 32.3 Å². The third-order valence-electron chi connectivity index (χ3n) is 3.88. The lowest BCUT2D eigenvalue weighted by atomic mass is 10.0. The maximum absolute atomic E-state index is 3.24. The number of nitrogens with zero attached hydrogens (tertiary/aromatic N) is 1. The average molecular weight is 244 g/mol. The van der Waals surface area contributed by atoms with Crippen LogP contribution in [0.25, 0.3) is 10.9 Å². The Hall–Kier alpha value is -1.28. The van der Waals surface area contributed by atoms with E-state index in [1.807, 2.05) is 7.05 Å². The number of aromatic nitrogens is 1. The van der Waals surface area contributed by atoms with Gasteiger partial charge in [0.1, 0.15) is 0 Å². The van der Waals surface area contributed by atoms with Gasteiger partial charge >= 0.3 is 0 Å². The zero-order valence-corrected chi connectivity index (χ0v) is 11.7. The molecule has 0 amide bonds. The van der Waals surface area contributed by atoms with Crippen molar-refractivity contribution in [3.05, 3.63) is 36.0 Å². The fraction of sp³-hybridized carbons (Fsp3) is 0.500. The fourth-order valence-corrected chi connectivity index (χ4v) is 2.62. The van der Waals surface area contributed by atoms with Gasteiger partial charge in [0, 0.05) is 30.2 Å². The molecule has 0 atom stereocenters. The predicted octanol–water partition coefficient (Wildman–Crippen LogP) is 3.80. The lowest BCUT2D eigenvalue weighted by Crippen LogP contribution is -2.08. The number of nitrogens with one attached hydrogen (secondary N) is 1. The molecule has 18 heavy (non-hydrogen) atoms. The average Bonchev–Trinajstić information content (AvgIpc) is 2.80. The zero-order valence-electron chi connectivity index (χ0n) is 11.7. The molecule has 0 bridgehead atoms. The van der Waals surface area contributed by atoms with Crippen molar-refractivity contribution in [2.45, 2.75) is 39.8 Å². The molecule has 1 aromatic heterocycles. The predicted molar refractivity (Wildman–Crippen MR) is 78.8 cm³/mol. The Morgan fingerprint density at radius 3 is 2.61 bits per heavy atom. The Labute approximate surface area is 110 Å². The summed E-state index contributed by atoms with van der Waals surface area (Å²) in [6.45, 7) is 6.64. The van der Waals surface area contributed by atoms with Gasteiger partial charge in [-0.05, 0) is 30.7 Å². The van der Waals surface area contributed by atoms with Crippen molar-refractivity contribution in [1.82, 2.24) is 9.88 Å². The van der Waals surface area contributed by atoms with E-state index in [0.717, 1.165) is 19.0 Å². The summed E-state index contributed by atoms with van der Waals surface area (Å²) >= 11 is 0. The van der Waals surface area contributed by atoms with E-state index in [9.17, 15) is 0 Å². The molecule has 1 aromatic carbocycles. The molecule has 0 saturated heterocycles. The van der Waals surface area contributed by atoms with Crippen molar-refractivity contribution in [2.24, 2.45) is 5.92 Å². The standard InChI is InChI=1S/C16H24N2/c1-4-13(5-2)12-18-10-9-15-14(11-17-3)7-6-8-16(15)18/h6-10,13,17H,4-5,11-12H2,1-3H3. The van der Waals surface area contributed by atoms with E-state index in [-0.39, 0.29) is 0 Å². The molecule has 98 valence electrons. The maximum Gasteiger partial charge on any atom is 0.0483 e. The first-order valence-corrected chi connectivity index (χ1v) is 7.01. The van der Waals surface area contributed by atoms with E-state index in [1.54, 1.807) is 0 Å². The first-order chi connectivity index (χ1) is 8.80. The summed E-state index contributed by atoms with van der Waals surface area (Å²) in [5.74, 6) is 0.786. The van der Waals surface area contributed by atoms with Gasteiger partial charge in [-0.2, -0.15) is 0 Å². The van der Waals surface area contributed by atoms with E-state index in [1.165, 1.54) is 29.3 Å². The Morgan fingerprint density at radius 2 is 1.94 bits per heavy atom. The van der Waals surface area contributed by atoms with E-state index >= 15 is 0 Å². The molecular weight excluding hydrogens is 220 g/mol. The highest BCUT2D eigenvalue weighted by molar-refractivity contribution is 5.83. The Kier molecular flexibility index (Phi) is 4.43. The third-order valence-corrected chi connectivity index (χ3v) is 3.88. The molecule has 0 radical (unpaired) electrons. The molecule has 0 saturated carbocycles. The Balaban J connectivity index is 2.33. The van der Waals surface area contributed by atoms with Crippen LogP contribution < -0.4 is 5.32 Å². The van der Waals surface area contributed by atoms with Crippen molar-refractivity contribution in [3.63, 3.8) is 0 Å². The van der Waals surface area contributed by atoms with Crippen molar-refractivity contribution >= 4 is 10.9 Å². The normalized spacial score (nSPS) is 11.6. The minimum atomic E-state index is 0.786. The molecule has 2 heteroatoms. The second kappa shape index (κ2) is 6.05. The van der Waals surface area contributed by atoms with Gasteiger partial charge in [-0.1, -0.05) is 38.8 Å². The summed E-state index contributed by atoms with van der Waals surface area (Å²) in [5.41, 5.74) is 2.76. The van der Waals surface area contributed by atoms with Crippen LogP contribution in [0.2, 0.25) is 0 Å². The fourth-order valence-electron chi connectivity index (χ4n) is 2.62. The van der Waals surface area contributed by atoms with Gasteiger partial charge in [0.15, 0.2) is 0 Å². The lowest BCUT2D eigenvalue weighted by molar-refractivity contribution is 0.425. The SMILES string of the molecule is CCC(CC)Cn1ccc2c(CNC)cccc21. The first-order valence-electron chi connectivity index (χ1n) is 7.01. The van der Waals surface area contributed by atoms with Crippen LogP contribution in [-0.2, 0) is 13.1 Å². The topological polar surface area (TPSA) is 17.0 Å². The van der Waals surface area contributed by atoms with Crippen molar-refractivity contribution in [3.8, 4) is 0 Å². The second-order valence-corrected chi connectivity index (χ2v) is 5.03. The molecule has 2 aromatic rings. The zero-order chi connectivity index (χ0) is 13.0. The quantitative estimate of drug-likeness (QED) is 0.818. The van der Waals surface area contributed by atoms with Gasteiger partial charge in [-0.15, -0.1) is 0 Å². The monoisotopic (exact) mass is 244 g/mol. The number of fused-ring (bicyclic) bond motifs is 1. The van der Waals surface area contributed by atoms with Gasteiger partial charge in [-0.25, -0.2) is 0 Å². The van der Waals surface area contributed by atoms with Crippen LogP contribution in [0.4, 0.5) is 0 Å². The summed E-state index contributed by atoms with van der Waals surface area (Å²) in [6, 6.07) is 8.86. The van der Waals surface area contributed by atoms with Crippen LogP contribution in [0.3, 0.4) is 0 Å². The number of benzene rings is 1. The number of hydrogen-bond donors (Lipinski definition) is 1. The Bertz CT molecular complexity index is 495. The molecule has 2 nitrogen and oxygen atoms in total. The van der Waals surface area contributed by atoms with Crippen LogP contribution in [-0.4, -0.2) is 11.6 Å². The van der Waals surface area contributed by atoms with Crippen LogP contribution in [0.5, 0.6) is 0 Å². The highest BCUT2D eigenvalue weighted by Crippen LogP contribution is 2.22. The molecule has 0 aliphatic carbocycles. The van der Waals surface area contributed by atoms with E-state index < -0.39 is 0 Å². The summed E-state index contributed by atoms with van der Waals surface area (Å²) in [7, 11) is 2.00. The van der Waals surface area contributed by atoms with Gasteiger partial charge in [-0.3, -0.25) is 0 Å². The lowest BCUT2D eigenvalue weighted by Gasteiger charge is -2.14. The molecule has 0 aliphatic heterocycles. The molecule has 0 fully saturated rings. The molecular formula is C16H24N2. The number of hydrogen-bond acceptors (Lipinski definition) is 1. The van der Waals surface area contributed by atoms with Gasteiger partial charge in [0.25, 0.3) is 0 Å². The third kappa shape index (κ3) is 2.59. The van der Waals surface area contributed by atoms with E-state index in [0.29, 0.717) is 0 Å². The highest BCUT2D eigenvalue weighted by atomic mass is 15.0. The van der Waals surface area contributed by atoms with Crippen molar-refractivity contribution < 1.29 is 0 Å². The Morgan fingerprint density at radius 1 is 1.17 bits per heavy atom. The van der Waals surface area contributed by atoms with Crippen LogP contribution in [0, 0.1) is 5.92 Å². The van der Waals surface area contributed by atoms with E-state index in [4.69, 9.17) is 0 Å². The molecule has 0 aliphatic rings. The molecule has 1 N–H and O–H groups in total. The summed E-state index contributed by atoms with van der Waals surface area (Å²) in [5, 5.41) is 4.63. The van der Waals surface area contributed by atoms with Gasteiger partial charge in [0.2, 0.25) is 0 Å². The highest BCUT2D eigenvalue weighted by Gasteiger charge is 2.08. The molecule has 0 unspecified atom stereocenters. The largest absolute Gasteiger partial charge is 0.347 e. The number of rotatable bonds is 6. The molecule has 0 spiro atoms. The first kappa shape index (κ1) is 13.2. The molecule has 2 rings (SSSR count). The smallest absolute Gasteiger partial charge is 0.0483 e. The molecule has 1 heterocycles. The van der Waals surface area contributed by atoms with Crippen LogP contribution >= 0.6 is 0 Å². The van der Waals surface area contributed by atoms with Gasteiger partial charge < -0.3 is 9.88 Å². The minimum absolute atomic E-state index is 0.786. The summed E-state index contributed by atoms with van der Waals surface area (Å²) < 4.78 is 2.41. The van der Waals surface area contributed by atoms with Crippen molar-refractivity contribution in [1.29, 1.82) is 0 Å². The maximum atomic E-state index is 3.24. The summed E-state index contributed by atoms with van der Waals surface area (Å²) in [6.07, 6.45) is 4.75. The van der Waals surface area contributed by atoms with Crippen LogP contribution in [0.15, 0.2) is 30.5 Å². The minimum Gasteiger partial charge on any atom is -0.347 e.